The Morgan fingerprint density at radius 3 is 2.00 bits per heavy atom. The van der Waals surface area contributed by atoms with E-state index in [2.05, 4.69) is 9.47 Å². The van der Waals surface area contributed by atoms with E-state index >= 15 is 0 Å². The number of carbonyl (C=O) groups excluding carboxylic acids is 2. The number of methoxy groups -OCH3 is 2. The van der Waals surface area contributed by atoms with Crippen LogP contribution in [0.15, 0.2) is 18.2 Å². The van der Waals surface area contributed by atoms with Crippen LogP contribution in [0.4, 0.5) is 5.69 Å². The van der Waals surface area contributed by atoms with Gasteiger partial charge in [-0.3, -0.25) is 13.4 Å². The van der Waals surface area contributed by atoms with E-state index in [0.717, 1.165) is 0 Å². The summed E-state index contributed by atoms with van der Waals surface area (Å²) in [6, 6.07) is 4.29. The third kappa shape index (κ3) is 3.12. The van der Waals surface area contributed by atoms with Crippen LogP contribution in [0.25, 0.3) is 0 Å². The van der Waals surface area contributed by atoms with E-state index in [1.807, 2.05) is 0 Å². The Bertz CT molecular complexity index is 540. The zero-order valence-electron chi connectivity index (χ0n) is 11.7. The minimum atomic E-state index is -2.91. The highest BCUT2D eigenvalue weighted by Crippen LogP contribution is 2.51. The number of benzene rings is 1. The first-order chi connectivity index (χ1) is 9.89. The standard InChI is InChI=1S/C13H17NO6S/c1-19-12(15)9-6-10(13(16)20-2)8-11(7-9)14-4-3-5-21(14,17)18/h6-8,17-18H,3-5H2,1-2H3. The second-order valence-electron chi connectivity index (χ2n) is 4.54. The molecule has 8 heteroatoms. The Morgan fingerprint density at radius 1 is 1.10 bits per heavy atom. The summed E-state index contributed by atoms with van der Waals surface area (Å²) in [6.45, 7) is 0.438. The third-order valence-corrected chi connectivity index (χ3v) is 5.12. The summed E-state index contributed by atoms with van der Waals surface area (Å²) in [5, 5.41) is 0. The molecule has 0 aliphatic carbocycles. The smallest absolute Gasteiger partial charge is 0.337 e. The van der Waals surface area contributed by atoms with Crippen molar-refractivity contribution in [1.29, 1.82) is 0 Å². The Hall–Kier alpha value is -1.77. The van der Waals surface area contributed by atoms with Crippen LogP contribution in [0.2, 0.25) is 0 Å². The maximum absolute atomic E-state index is 11.7. The van der Waals surface area contributed by atoms with Gasteiger partial charge in [0.1, 0.15) is 0 Å². The van der Waals surface area contributed by atoms with Crippen LogP contribution in [0, 0.1) is 0 Å². The summed E-state index contributed by atoms with van der Waals surface area (Å²) < 4.78 is 30.7. The normalized spacial score (nSPS) is 18.2. The van der Waals surface area contributed by atoms with Crippen LogP contribution in [0.3, 0.4) is 0 Å². The fourth-order valence-corrected chi connectivity index (χ4v) is 3.78. The first kappa shape index (κ1) is 15.6. The largest absolute Gasteiger partial charge is 0.465 e. The average Bonchev–Trinajstić information content (AvgIpc) is 2.84. The highest BCUT2D eigenvalue weighted by molar-refractivity contribution is 8.25. The van der Waals surface area contributed by atoms with Crippen LogP contribution in [-0.2, 0) is 9.47 Å². The molecule has 0 saturated carbocycles. The maximum Gasteiger partial charge on any atom is 0.337 e. The van der Waals surface area contributed by atoms with Gasteiger partial charge in [-0.15, -0.1) is 10.8 Å². The van der Waals surface area contributed by atoms with E-state index < -0.39 is 22.7 Å². The molecule has 2 N–H and O–H groups in total. The van der Waals surface area contributed by atoms with E-state index in [9.17, 15) is 18.7 Å². The topological polar surface area (TPSA) is 96.3 Å². The molecule has 1 aliphatic rings. The van der Waals surface area contributed by atoms with Crippen molar-refractivity contribution in [2.75, 3.05) is 30.8 Å². The van der Waals surface area contributed by atoms with Crippen molar-refractivity contribution in [2.24, 2.45) is 0 Å². The Kier molecular flexibility index (Phi) is 4.40. The molecule has 1 heterocycles. The molecule has 0 atom stereocenters. The molecule has 2 rings (SSSR count). The van der Waals surface area contributed by atoms with Gasteiger partial charge in [-0.25, -0.2) is 9.59 Å². The van der Waals surface area contributed by atoms with Gasteiger partial charge >= 0.3 is 11.9 Å². The quantitative estimate of drug-likeness (QED) is 0.825. The van der Waals surface area contributed by atoms with Gasteiger partial charge in [-0.2, -0.15) is 0 Å². The van der Waals surface area contributed by atoms with Gasteiger partial charge in [-0.1, -0.05) is 0 Å². The predicted octanol–water partition coefficient (Wildman–Crippen LogP) is 2.14. The summed E-state index contributed by atoms with van der Waals surface area (Å²) >= 11 is 0. The van der Waals surface area contributed by atoms with Gasteiger partial charge in [0.25, 0.3) is 0 Å². The van der Waals surface area contributed by atoms with Gasteiger partial charge in [0.2, 0.25) is 0 Å². The molecule has 116 valence electrons. The van der Waals surface area contributed by atoms with Crippen molar-refractivity contribution < 1.29 is 28.2 Å². The van der Waals surface area contributed by atoms with Crippen molar-refractivity contribution >= 4 is 28.4 Å². The number of nitrogens with zero attached hydrogens (tertiary/aromatic N) is 1. The fourth-order valence-electron chi connectivity index (χ4n) is 2.18. The number of hydrogen-bond acceptors (Lipinski definition) is 7. The molecule has 0 spiro atoms. The molecule has 1 fully saturated rings. The highest BCUT2D eigenvalue weighted by Gasteiger charge is 2.30. The van der Waals surface area contributed by atoms with E-state index in [1.54, 1.807) is 0 Å². The monoisotopic (exact) mass is 315 g/mol. The number of rotatable bonds is 3. The van der Waals surface area contributed by atoms with Crippen molar-refractivity contribution in [3.63, 3.8) is 0 Å². The molecule has 1 aliphatic heterocycles. The van der Waals surface area contributed by atoms with E-state index in [0.29, 0.717) is 18.7 Å². The van der Waals surface area contributed by atoms with Crippen molar-refractivity contribution in [1.82, 2.24) is 0 Å². The lowest BCUT2D eigenvalue weighted by Gasteiger charge is -2.38. The predicted molar refractivity (Wildman–Crippen MR) is 78.8 cm³/mol. The van der Waals surface area contributed by atoms with Gasteiger partial charge in [0, 0.05) is 6.54 Å². The van der Waals surface area contributed by atoms with Crippen LogP contribution < -0.4 is 4.31 Å². The van der Waals surface area contributed by atoms with Gasteiger partial charge < -0.3 is 9.47 Å². The molecule has 0 aromatic heterocycles. The lowest BCUT2D eigenvalue weighted by atomic mass is 10.1. The Labute approximate surface area is 123 Å². The lowest BCUT2D eigenvalue weighted by Crippen LogP contribution is -2.22. The molecule has 0 bridgehead atoms. The molecule has 21 heavy (non-hydrogen) atoms. The molecular formula is C13H17NO6S. The molecule has 1 aromatic carbocycles. The SMILES string of the molecule is COC(=O)c1cc(C(=O)OC)cc(N2CCCS2(O)O)c1. The van der Waals surface area contributed by atoms with Crippen molar-refractivity contribution in [3.05, 3.63) is 29.3 Å². The van der Waals surface area contributed by atoms with Gasteiger partial charge in [-0.05, 0) is 24.6 Å². The first-order valence-corrected chi connectivity index (χ1v) is 7.91. The fraction of sp³-hybridized carbons (Fsp3) is 0.385. The maximum atomic E-state index is 11.7. The number of anilines is 1. The molecular weight excluding hydrogens is 298 g/mol. The Balaban J connectivity index is 2.49. The van der Waals surface area contributed by atoms with E-state index in [1.165, 1.54) is 36.7 Å². The summed E-state index contributed by atoms with van der Waals surface area (Å²) in [4.78, 5) is 23.4. The van der Waals surface area contributed by atoms with Crippen LogP contribution >= 0.6 is 10.8 Å². The summed E-state index contributed by atoms with van der Waals surface area (Å²) in [7, 11) is -0.445. The van der Waals surface area contributed by atoms with Crippen LogP contribution in [-0.4, -0.2) is 47.6 Å². The van der Waals surface area contributed by atoms with Crippen LogP contribution in [0.1, 0.15) is 27.1 Å². The summed E-state index contributed by atoms with van der Waals surface area (Å²) in [5.41, 5.74) is 0.686. The minimum absolute atomic E-state index is 0.150. The Morgan fingerprint density at radius 2 is 1.62 bits per heavy atom. The number of carbonyl (C=O) groups is 2. The molecule has 1 aromatic rings. The van der Waals surface area contributed by atoms with E-state index in [-0.39, 0.29) is 16.9 Å². The van der Waals surface area contributed by atoms with Crippen molar-refractivity contribution in [3.8, 4) is 0 Å². The van der Waals surface area contributed by atoms with E-state index in [4.69, 9.17) is 0 Å². The van der Waals surface area contributed by atoms with Gasteiger partial charge in [0.05, 0.1) is 36.8 Å². The summed E-state index contributed by atoms with van der Waals surface area (Å²) in [5.74, 6) is -0.960. The average molecular weight is 315 g/mol. The molecule has 1 saturated heterocycles. The van der Waals surface area contributed by atoms with Crippen molar-refractivity contribution in [2.45, 2.75) is 6.42 Å². The zero-order valence-corrected chi connectivity index (χ0v) is 12.6. The molecule has 7 nitrogen and oxygen atoms in total. The molecule has 0 unspecified atom stereocenters. The second-order valence-corrected chi connectivity index (χ2v) is 6.66. The number of esters is 2. The van der Waals surface area contributed by atoms with Crippen LogP contribution in [0.5, 0.6) is 0 Å². The minimum Gasteiger partial charge on any atom is -0.465 e. The van der Waals surface area contributed by atoms with Gasteiger partial charge in [0.15, 0.2) is 0 Å². The third-order valence-electron chi connectivity index (χ3n) is 3.18. The lowest BCUT2D eigenvalue weighted by molar-refractivity contribution is 0.0599. The number of ether oxygens (including phenoxy) is 2. The zero-order chi connectivity index (χ0) is 15.6. The second kappa shape index (κ2) is 5.92. The molecule has 0 radical (unpaired) electrons. The first-order valence-electron chi connectivity index (χ1n) is 6.24. The number of hydrogen-bond donors (Lipinski definition) is 2. The summed E-state index contributed by atoms with van der Waals surface area (Å²) in [6.07, 6.45) is 0.623. The highest BCUT2D eigenvalue weighted by atomic mass is 32.3. The molecule has 0 amide bonds.